The minimum absolute atomic E-state index is 0.138. The highest BCUT2D eigenvalue weighted by Gasteiger charge is 2.37. The summed E-state index contributed by atoms with van der Waals surface area (Å²) in [6.07, 6.45) is 0. The van der Waals surface area contributed by atoms with Gasteiger partial charge in [0.25, 0.3) is 0 Å². The van der Waals surface area contributed by atoms with E-state index in [-0.39, 0.29) is 5.37 Å². The molecule has 1 heterocycles. The van der Waals surface area contributed by atoms with Crippen LogP contribution in [0, 0.1) is 20.8 Å². The van der Waals surface area contributed by atoms with Crippen molar-refractivity contribution in [3.63, 3.8) is 0 Å². The predicted molar refractivity (Wildman–Crippen MR) is 96.2 cm³/mol. The maximum absolute atomic E-state index is 13.1. The summed E-state index contributed by atoms with van der Waals surface area (Å²) in [5, 5.41) is -0.138. The van der Waals surface area contributed by atoms with Crippen molar-refractivity contribution in [3.8, 4) is 0 Å². The van der Waals surface area contributed by atoms with Gasteiger partial charge >= 0.3 is 0 Å². The van der Waals surface area contributed by atoms with E-state index >= 15 is 0 Å². The predicted octanol–water partition coefficient (Wildman–Crippen LogP) is 4.05. The second kappa shape index (κ2) is 6.30. The second-order valence-corrected chi connectivity index (χ2v) is 9.07. The molecule has 0 bridgehead atoms. The molecule has 0 saturated carbocycles. The van der Waals surface area contributed by atoms with E-state index in [1.54, 1.807) is 22.1 Å². The molecule has 122 valence electrons. The van der Waals surface area contributed by atoms with Gasteiger partial charge in [0.15, 0.2) is 0 Å². The molecule has 0 aromatic heterocycles. The normalized spacial score (nSPS) is 19.2. The SMILES string of the molecule is Cc1ccc([C@H]2SCCN2S(=O)(=O)c2ccc(C)cc2C)cc1. The first-order valence-electron chi connectivity index (χ1n) is 7.67. The van der Waals surface area contributed by atoms with Gasteiger partial charge in [-0.15, -0.1) is 11.8 Å². The van der Waals surface area contributed by atoms with E-state index in [1.807, 2.05) is 57.2 Å². The van der Waals surface area contributed by atoms with Crippen molar-refractivity contribution in [1.29, 1.82) is 0 Å². The number of hydrogen-bond acceptors (Lipinski definition) is 3. The molecule has 2 aromatic rings. The molecule has 1 saturated heterocycles. The largest absolute Gasteiger partial charge is 0.244 e. The van der Waals surface area contributed by atoms with Gasteiger partial charge in [-0.2, -0.15) is 4.31 Å². The van der Waals surface area contributed by atoms with Crippen molar-refractivity contribution in [2.75, 3.05) is 12.3 Å². The standard InChI is InChI=1S/C18H21NO2S2/c1-13-4-7-16(8-5-13)18-19(10-11-22-18)23(20,21)17-9-6-14(2)12-15(17)3/h4-9,12,18H,10-11H2,1-3H3/t18-/m1/s1. The lowest BCUT2D eigenvalue weighted by Crippen LogP contribution is -2.31. The van der Waals surface area contributed by atoms with Crippen LogP contribution < -0.4 is 0 Å². The van der Waals surface area contributed by atoms with Gasteiger partial charge in [0.05, 0.1) is 10.3 Å². The van der Waals surface area contributed by atoms with Gasteiger partial charge in [-0.05, 0) is 38.0 Å². The molecule has 1 aliphatic rings. The molecular formula is C18H21NO2S2. The van der Waals surface area contributed by atoms with Crippen molar-refractivity contribution in [3.05, 3.63) is 64.7 Å². The number of benzene rings is 2. The lowest BCUT2D eigenvalue weighted by atomic mass is 10.1. The molecule has 3 nitrogen and oxygen atoms in total. The summed E-state index contributed by atoms with van der Waals surface area (Å²) in [7, 11) is -3.48. The maximum Gasteiger partial charge on any atom is 0.244 e. The van der Waals surface area contributed by atoms with Crippen molar-refractivity contribution < 1.29 is 8.42 Å². The fourth-order valence-electron chi connectivity index (χ4n) is 2.91. The summed E-state index contributed by atoms with van der Waals surface area (Å²) < 4.78 is 27.9. The average Bonchev–Trinajstić information content (AvgIpc) is 2.98. The van der Waals surface area contributed by atoms with Crippen molar-refractivity contribution in [1.82, 2.24) is 4.31 Å². The molecule has 1 aliphatic heterocycles. The number of hydrogen-bond donors (Lipinski definition) is 0. The van der Waals surface area contributed by atoms with Crippen LogP contribution >= 0.6 is 11.8 Å². The Balaban J connectivity index is 1.99. The van der Waals surface area contributed by atoms with Crippen LogP contribution in [0.5, 0.6) is 0 Å². The Kier molecular flexibility index (Phi) is 4.54. The molecule has 0 radical (unpaired) electrons. The van der Waals surface area contributed by atoms with Crippen LogP contribution in [0.3, 0.4) is 0 Å². The summed E-state index contributed by atoms with van der Waals surface area (Å²) >= 11 is 1.69. The fourth-order valence-corrected chi connectivity index (χ4v) is 6.36. The van der Waals surface area contributed by atoms with Crippen LogP contribution in [0.2, 0.25) is 0 Å². The minimum atomic E-state index is -3.48. The lowest BCUT2D eigenvalue weighted by molar-refractivity contribution is 0.434. The van der Waals surface area contributed by atoms with Crippen molar-refractivity contribution in [2.45, 2.75) is 31.0 Å². The minimum Gasteiger partial charge on any atom is -0.207 e. The smallest absolute Gasteiger partial charge is 0.207 e. The Hall–Kier alpha value is -1.30. The van der Waals surface area contributed by atoms with E-state index in [0.29, 0.717) is 11.4 Å². The number of rotatable bonds is 3. The van der Waals surface area contributed by atoms with Gasteiger partial charge < -0.3 is 0 Å². The third-order valence-corrected chi connectivity index (χ3v) is 7.55. The highest BCUT2D eigenvalue weighted by Crippen LogP contribution is 2.41. The molecule has 1 fully saturated rings. The molecule has 5 heteroatoms. The first-order valence-corrected chi connectivity index (χ1v) is 10.2. The Morgan fingerprint density at radius 1 is 1.00 bits per heavy atom. The van der Waals surface area contributed by atoms with Gasteiger partial charge in [0.1, 0.15) is 0 Å². The lowest BCUT2D eigenvalue weighted by Gasteiger charge is -2.24. The highest BCUT2D eigenvalue weighted by molar-refractivity contribution is 8.01. The van der Waals surface area contributed by atoms with Crippen LogP contribution in [0.25, 0.3) is 0 Å². The zero-order chi connectivity index (χ0) is 16.6. The Labute approximate surface area is 142 Å². The zero-order valence-electron chi connectivity index (χ0n) is 13.6. The van der Waals surface area contributed by atoms with Crippen LogP contribution in [0.15, 0.2) is 47.4 Å². The summed E-state index contributed by atoms with van der Waals surface area (Å²) in [5.74, 6) is 0.822. The quantitative estimate of drug-likeness (QED) is 0.841. The van der Waals surface area contributed by atoms with E-state index in [2.05, 4.69) is 0 Å². The first-order chi connectivity index (χ1) is 10.9. The molecule has 0 spiro atoms. The molecule has 0 aliphatic carbocycles. The molecule has 1 atom stereocenters. The van der Waals surface area contributed by atoms with Crippen LogP contribution in [0.1, 0.15) is 27.6 Å². The van der Waals surface area contributed by atoms with Crippen LogP contribution in [-0.2, 0) is 10.0 Å². The first kappa shape index (κ1) is 16.6. The van der Waals surface area contributed by atoms with Gasteiger partial charge in [0.2, 0.25) is 10.0 Å². The molecular weight excluding hydrogens is 326 g/mol. The summed E-state index contributed by atoms with van der Waals surface area (Å²) in [4.78, 5) is 0.419. The summed E-state index contributed by atoms with van der Waals surface area (Å²) in [6.45, 7) is 6.43. The van der Waals surface area contributed by atoms with Crippen LogP contribution in [0.4, 0.5) is 0 Å². The van der Waals surface area contributed by atoms with E-state index in [4.69, 9.17) is 0 Å². The monoisotopic (exact) mass is 347 g/mol. The Morgan fingerprint density at radius 3 is 2.30 bits per heavy atom. The average molecular weight is 348 g/mol. The van der Waals surface area contributed by atoms with E-state index in [1.165, 1.54) is 5.56 Å². The Bertz CT molecular complexity index is 813. The fraction of sp³-hybridized carbons (Fsp3) is 0.333. The third-order valence-electron chi connectivity index (χ3n) is 4.13. The second-order valence-electron chi connectivity index (χ2n) is 6.02. The highest BCUT2D eigenvalue weighted by atomic mass is 32.2. The zero-order valence-corrected chi connectivity index (χ0v) is 15.2. The number of nitrogens with zero attached hydrogens (tertiary/aromatic N) is 1. The molecule has 23 heavy (non-hydrogen) atoms. The molecule has 0 amide bonds. The number of thioether (sulfide) groups is 1. The van der Waals surface area contributed by atoms with Gasteiger partial charge in [-0.25, -0.2) is 8.42 Å². The molecule has 0 unspecified atom stereocenters. The van der Waals surface area contributed by atoms with E-state index < -0.39 is 10.0 Å². The molecule has 3 rings (SSSR count). The van der Waals surface area contributed by atoms with Crippen molar-refractivity contribution in [2.24, 2.45) is 0 Å². The molecule has 0 N–H and O–H groups in total. The van der Waals surface area contributed by atoms with E-state index in [9.17, 15) is 8.42 Å². The van der Waals surface area contributed by atoms with Crippen LogP contribution in [-0.4, -0.2) is 25.0 Å². The van der Waals surface area contributed by atoms with Gasteiger partial charge in [-0.3, -0.25) is 0 Å². The molecule has 2 aromatic carbocycles. The third kappa shape index (κ3) is 3.18. The van der Waals surface area contributed by atoms with E-state index in [0.717, 1.165) is 22.4 Å². The maximum atomic E-state index is 13.1. The van der Waals surface area contributed by atoms with Gasteiger partial charge in [0, 0.05) is 12.3 Å². The topological polar surface area (TPSA) is 37.4 Å². The number of sulfonamides is 1. The van der Waals surface area contributed by atoms with Crippen molar-refractivity contribution >= 4 is 21.8 Å². The summed E-state index contributed by atoms with van der Waals surface area (Å²) in [5.41, 5.74) is 4.11. The summed E-state index contributed by atoms with van der Waals surface area (Å²) in [6, 6.07) is 13.7. The Morgan fingerprint density at radius 2 is 1.65 bits per heavy atom. The van der Waals surface area contributed by atoms with Gasteiger partial charge in [-0.1, -0.05) is 47.5 Å². The number of aryl methyl sites for hydroxylation is 3.